The Balaban J connectivity index is 1.27. The SMILES string of the molecule is CCN(C(=O)c1cc(F)ccc1Oc1nncnc1N1CCC2(C1)CN([C@H](CCC1OCCO1)C(C)C)C2)C(C)C. The quantitative estimate of drug-likeness (QED) is 0.391. The average molecular weight is 571 g/mol. The molecule has 0 radical (unpaired) electrons. The number of hydrogen-bond donors (Lipinski definition) is 0. The normalized spacial score (nSPS) is 19.8. The maximum Gasteiger partial charge on any atom is 0.282 e. The number of aromatic nitrogens is 3. The molecule has 0 aliphatic carbocycles. The van der Waals surface area contributed by atoms with E-state index < -0.39 is 5.82 Å². The third-order valence-electron chi connectivity index (χ3n) is 8.62. The number of rotatable bonds is 11. The van der Waals surface area contributed by atoms with Gasteiger partial charge in [0, 0.05) is 50.2 Å². The molecule has 11 heteroatoms. The number of hydrogen-bond acceptors (Lipinski definition) is 9. The lowest BCUT2D eigenvalue weighted by Crippen LogP contribution is -2.62. The second-order valence-electron chi connectivity index (χ2n) is 12.2. The second-order valence-corrected chi connectivity index (χ2v) is 12.2. The van der Waals surface area contributed by atoms with Crippen molar-refractivity contribution in [1.82, 2.24) is 25.0 Å². The maximum atomic E-state index is 14.2. The Morgan fingerprint density at radius 1 is 1.20 bits per heavy atom. The van der Waals surface area contributed by atoms with Gasteiger partial charge >= 0.3 is 0 Å². The number of ether oxygens (including phenoxy) is 3. The van der Waals surface area contributed by atoms with E-state index in [2.05, 4.69) is 38.8 Å². The van der Waals surface area contributed by atoms with Crippen molar-refractivity contribution in [3.8, 4) is 11.6 Å². The average Bonchev–Trinajstić information content (AvgIpc) is 3.60. The molecular formula is C30H43FN6O4. The zero-order valence-corrected chi connectivity index (χ0v) is 24.9. The van der Waals surface area contributed by atoms with Crippen LogP contribution in [0.1, 0.15) is 64.2 Å². The third kappa shape index (κ3) is 6.47. The summed E-state index contributed by atoms with van der Waals surface area (Å²) in [6.45, 7) is 15.9. The number of halogens is 1. The number of carbonyl (C=O) groups excluding carboxylic acids is 1. The lowest BCUT2D eigenvalue weighted by atomic mass is 9.76. The molecule has 1 spiro atoms. The molecule has 4 heterocycles. The van der Waals surface area contributed by atoms with Gasteiger partial charge in [0.2, 0.25) is 0 Å². The number of nitrogens with zero attached hydrogens (tertiary/aromatic N) is 6. The van der Waals surface area contributed by atoms with Crippen LogP contribution in [0, 0.1) is 17.2 Å². The van der Waals surface area contributed by atoms with Crippen LogP contribution in [0.4, 0.5) is 10.2 Å². The first kappa shape index (κ1) is 29.6. The van der Waals surface area contributed by atoms with E-state index in [0.29, 0.717) is 37.5 Å². The summed E-state index contributed by atoms with van der Waals surface area (Å²) in [6.07, 6.45) is 4.38. The summed E-state index contributed by atoms with van der Waals surface area (Å²) in [7, 11) is 0. The summed E-state index contributed by atoms with van der Waals surface area (Å²) in [5.74, 6) is 0.783. The van der Waals surface area contributed by atoms with Gasteiger partial charge in [-0.3, -0.25) is 9.69 Å². The number of likely N-dealkylation sites (tertiary alicyclic amines) is 1. The molecule has 2 aromatic rings. The van der Waals surface area contributed by atoms with Crippen LogP contribution in [0.25, 0.3) is 0 Å². The van der Waals surface area contributed by atoms with Crippen LogP contribution >= 0.6 is 0 Å². The molecular weight excluding hydrogens is 527 g/mol. The second kappa shape index (κ2) is 12.5. The van der Waals surface area contributed by atoms with Crippen molar-refractivity contribution in [3.63, 3.8) is 0 Å². The Labute approximate surface area is 242 Å². The first-order valence-electron chi connectivity index (χ1n) is 14.9. The van der Waals surface area contributed by atoms with Gasteiger partial charge in [-0.25, -0.2) is 9.37 Å². The topological polar surface area (TPSA) is 93.2 Å². The molecule has 1 aromatic heterocycles. The minimum atomic E-state index is -0.503. The van der Waals surface area contributed by atoms with E-state index in [4.69, 9.17) is 14.2 Å². The highest BCUT2D eigenvalue weighted by atomic mass is 19.1. The molecule has 1 aromatic carbocycles. The zero-order chi connectivity index (χ0) is 29.1. The molecule has 3 saturated heterocycles. The van der Waals surface area contributed by atoms with Gasteiger partial charge in [0.1, 0.15) is 17.9 Å². The predicted octanol–water partition coefficient (Wildman–Crippen LogP) is 4.36. The Kier molecular flexibility index (Phi) is 9.06. The van der Waals surface area contributed by atoms with Crippen molar-refractivity contribution in [2.75, 3.05) is 50.8 Å². The van der Waals surface area contributed by atoms with Crippen molar-refractivity contribution in [2.24, 2.45) is 11.3 Å². The van der Waals surface area contributed by atoms with Crippen molar-refractivity contribution in [1.29, 1.82) is 0 Å². The third-order valence-corrected chi connectivity index (χ3v) is 8.62. The molecule has 0 saturated carbocycles. The highest BCUT2D eigenvalue weighted by Gasteiger charge is 2.50. The Bertz CT molecular complexity index is 1200. The Hall–Kier alpha value is -2.89. The van der Waals surface area contributed by atoms with Crippen LogP contribution in [-0.4, -0.2) is 95.2 Å². The van der Waals surface area contributed by atoms with Gasteiger partial charge in [-0.1, -0.05) is 13.8 Å². The van der Waals surface area contributed by atoms with Gasteiger partial charge in [-0.2, -0.15) is 0 Å². The van der Waals surface area contributed by atoms with E-state index in [-0.39, 0.29) is 40.8 Å². The van der Waals surface area contributed by atoms with Gasteiger partial charge in [0.15, 0.2) is 12.1 Å². The van der Waals surface area contributed by atoms with E-state index in [1.54, 1.807) is 4.90 Å². The predicted molar refractivity (Wildman–Crippen MR) is 153 cm³/mol. The lowest BCUT2D eigenvalue weighted by molar-refractivity contribution is -0.0689. The number of amides is 1. The number of carbonyl (C=O) groups is 1. The van der Waals surface area contributed by atoms with E-state index in [9.17, 15) is 9.18 Å². The minimum absolute atomic E-state index is 0.0418. The van der Waals surface area contributed by atoms with Gasteiger partial charge in [-0.15, -0.1) is 10.2 Å². The standard InChI is InChI=1S/C30H43FN6O4/c1-6-37(21(4)5)29(38)23-15-22(31)7-9-25(23)41-28-27(32-19-33-34-28)35-12-11-30(16-35)17-36(18-30)24(20(2)3)8-10-26-39-13-14-40-26/h7,9,15,19-21,24,26H,6,8,10-14,16-18H2,1-5H3/t24-/m1/s1. The molecule has 3 aliphatic heterocycles. The largest absolute Gasteiger partial charge is 0.434 e. The molecule has 1 atom stereocenters. The van der Waals surface area contributed by atoms with Crippen LogP contribution in [0.5, 0.6) is 11.6 Å². The molecule has 0 bridgehead atoms. The molecule has 10 nitrogen and oxygen atoms in total. The molecule has 3 aliphatic rings. The van der Waals surface area contributed by atoms with Crippen molar-refractivity contribution in [2.45, 2.75) is 72.3 Å². The number of anilines is 1. The summed E-state index contributed by atoms with van der Waals surface area (Å²) >= 11 is 0. The summed E-state index contributed by atoms with van der Waals surface area (Å²) in [5, 5.41) is 8.18. The van der Waals surface area contributed by atoms with E-state index in [1.165, 1.54) is 24.5 Å². The monoisotopic (exact) mass is 570 g/mol. The Morgan fingerprint density at radius 3 is 2.63 bits per heavy atom. The van der Waals surface area contributed by atoms with Gasteiger partial charge in [-0.05, 0) is 64.2 Å². The van der Waals surface area contributed by atoms with Crippen molar-refractivity contribution < 1.29 is 23.4 Å². The summed E-state index contributed by atoms with van der Waals surface area (Å²) in [4.78, 5) is 24.3. The van der Waals surface area contributed by atoms with Crippen LogP contribution in [-0.2, 0) is 9.47 Å². The zero-order valence-electron chi connectivity index (χ0n) is 24.9. The molecule has 1 amide bonds. The lowest BCUT2D eigenvalue weighted by Gasteiger charge is -2.53. The fourth-order valence-corrected chi connectivity index (χ4v) is 6.54. The summed E-state index contributed by atoms with van der Waals surface area (Å²) < 4.78 is 31.7. The molecule has 41 heavy (non-hydrogen) atoms. The van der Waals surface area contributed by atoms with Crippen LogP contribution in [0.3, 0.4) is 0 Å². The highest BCUT2D eigenvalue weighted by molar-refractivity contribution is 5.97. The molecule has 0 unspecified atom stereocenters. The number of benzene rings is 1. The smallest absolute Gasteiger partial charge is 0.282 e. The molecule has 3 fully saturated rings. The molecule has 224 valence electrons. The summed E-state index contributed by atoms with van der Waals surface area (Å²) in [5.41, 5.74) is 0.337. The summed E-state index contributed by atoms with van der Waals surface area (Å²) in [6, 6.07) is 4.42. The minimum Gasteiger partial charge on any atom is -0.434 e. The molecule has 5 rings (SSSR count). The van der Waals surface area contributed by atoms with E-state index >= 15 is 0 Å². The van der Waals surface area contributed by atoms with E-state index in [1.807, 2.05) is 20.8 Å². The fraction of sp³-hybridized carbons (Fsp3) is 0.667. The fourth-order valence-electron chi connectivity index (χ4n) is 6.54. The van der Waals surface area contributed by atoms with Crippen LogP contribution in [0.2, 0.25) is 0 Å². The first-order valence-corrected chi connectivity index (χ1v) is 14.9. The highest BCUT2D eigenvalue weighted by Crippen LogP contribution is 2.44. The molecule has 0 N–H and O–H groups in total. The van der Waals surface area contributed by atoms with Crippen molar-refractivity contribution >= 4 is 11.7 Å². The Morgan fingerprint density at radius 2 is 1.95 bits per heavy atom. The van der Waals surface area contributed by atoms with Gasteiger partial charge < -0.3 is 24.0 Å². The first-order chi connectivity index (χ1) is 19.7. The van der Waals surface area contributed by atoms with Crippen LogP contribution in [0.15, 0.2) is 24.5 Å². The van der Waals surface area contributed by atoms with Crippen molar-refractivity contribution in [3.05, 3.63) is 35.9 Å². The van der Waals surface area contributed by atoms with Crippen LogP contribution < -0.4 is 9.64 Å². The maximum absolute atomic E-state index is 14.2. The van der Waals surface area contributed by atoms with E-state index in [0.717, 1.165) is 45.4 Å². The van der Waals surface area contributed by atoms with Gasteiger partial charge in [0.25, 0.3) is 11.8 Å². The van der Waals surface area contributed by atoms with Gasteiger partial charge in [0.05, 0.1) is 18.8 Å².